The summed E-state index contributed by atoms with van der Waals surface area (Å²) in [5.41, 5.74) is 3.55. The standard InChI is InChI=1S/C21H16ClN3O2/c22-17-10-16(12-23-13-17)21-11-20(27-25-21)9-15-4-6-19(7-5-15)26-14-18-3-1-2-8-24-18/h1-8,10-13H,9,14H2. The van der Waals surface area contributed by atoms with Crippen LogP contribution in [0.5, 0.6) is 5.75 Å². The topological polar surface area (TPSA) is 61.0 Å². The maximum absolute atomic E-state index is 5.97. The van der Waals surface area contributed by atoms with Crippen LogP contribution in [0.4, 0.5) is 0 Å². The van der Waals surface area contributed by atoms with Crippen molar-refractivity contribution >= 4 is 11.6 Å². The first-order chi connectivity index (χ1) is 13.3. The SMILES string of the molecule is Clc1cncc(-c2cc(Cc3ccc(OCc4ccccn4)cc3)on2)c1. The first-order valence-corrected chi connectivity index (χ1v) is 8.82. The van der Waals surface area contributed by atoms with E-state index in [4.69, 9.17) is 20.9 Å². The molecular formula is C21H16ClN3O2. The molecule has 0 fully saturated rings. The average molecular weight is 378 g/mol. The van der Waals surface area contributed by atoms with Crippen LogP contribution in [0.15, 0.2) is 77.7 Å². The van der Waals surface area contributed by atoms with Crippen molar-refractivity contribution in [2.24, 2.45) is 0 Å². The number of benzene rings is 1. The van der Waals surface area contributed by atoms with Gasteiger partial charge in [-0.2, -0.15) is 0 Å². The highest BCUT2D eigenvalue weighted by Crippen LogP contribution is 2.23. The van der Waals surface area contributed by atoms with E-state index >= 15 is 0 Å². The minimum atomic E-state index is 0.444. The van der Waals surface area contributed by atoms with Crippen molar-refractivity contribution in [1.29, 1.82) is 0 Å². The van der Waals surface area contributed by atoms with E-state index in [0.717, 1.165) is 34.0 Å². The molecule has 27 heavy (non-hydrogen) atoms. The van der Waals surface area contributed by atoms with Crippen molar-refractivity contribution in [2.75, 3.05) is 0 Å². The molecule has 0 spiro atoms. The third kappa shape index (κ3) is 4.51. The van der Waals surface area contributed by atoms with Gasteiger partial charge in [0.25, 0.3) is 0 Å². The van der Waals surface area contributed by atoms with Gasteiger partial charge in [0.1, 0.15) is 23.8 Å². The summed E-state index contributed by atoms with van der Waals surface area (Å²) in [4.78, 5) is 8.31. The number of rotatable bonds is 6. The minimum absolute atomic E-state index is 0.444. The Labute approximate surface area is 161 Å². The molecule has 0 amide bonds. The number of hydrogen-bond donors (Lipinski definition) is 0. The lowest BCUT2D eigenvalue weighted by Gasteiger charge is -2.06. The molecule has 6 heteroatoms. The van der Waals surface area contributed by atoms with Gasteiger partial charge in [0, 0.05) is 36.6 Å². The zero-order valence-electron chi connectivity index (χ0n) is 14.4. The van der Waals surface area contributed by atoms with Gasteiger partial charge in [-0.05, 0) is 35.9 Å². The molecule has 0 saturated carbocycles. The van der Waals surface area contributed by atoms with Gasteiger partial charge in [0.2, 0.25) is 0 Å². The Morgan fingerprint density at radius 2 is 1.89 bits per heavy atom. The van der Waals surface area contributed by atoms with Crippen molar-refractivity contribution in [3.63, 3.8) is 0 Å². The fourth-order valence-electron chi connectivity index (χ4n) is 2.63. The number of nitrogens with zero attached hydrogens (tertiary/aromatic N) is 3. The maximum Gasteiger partial charge on any atom is 0.141 e. The largest absolute Gasteiger partial charge is 0.487 e. The molecule has 0 radical (unpaired) electrons. The average Bonchev–Trinajstić information content (AvgIpc) is 3.17. The van der Waals surface area contributed by atoms with E-state index in [1.807, 2.05) is 54.6 Å². The maximum atomic E-state index is 5.97. The second-order valence-electron chi connectivity index (χ2n) is 6.00. The van der Waals surface area contributed by atoms with Gasteiger partial charge in [-0.1, -0.05) is 35.0 Å². The summed E-state index contributed by atoms with van der Waals surface area (Å²) in [6.07, 6.45) is 5.69. The number of aromatic nitrogens is 3. The first kappa shape index (κ1) is 17.2. The van der Waals surface area contributed by atoms with Crippen molar-refractivity contribution in [3.8, 4) is 17.0 Å². The van der Waals surface area contributed by atoms with E-state index < -0.39 is 0 Å². The predicted molar refractivity (Wildman–Crippen MR) is 103 cm³/mol. The van der Waals surface area contributed by atoms with Crippen LogP contribution < -0.4 is 4.74 Å². The zero-order chi connectivity index (χ0) is 18.5. The lowest BCUT2D eigenvalue weighted by atomic mass is 10.1. The molecule has 0 bridgehead atoms. The summed E-state index contributed by atoms with van der Waals surface area (Å²) >= 11 is 5.97. The Hall–Kier alpha value is -3.18. The van der Waals surface area contributed by atoms with Crippen molar-refractivity contribution in [3.05, 3.63) is 95.2 Å². The predicted octanol–water partition coefficient (Wildman–Crippen LogP) is 4.95. The second kappa shape index (κ2) is 8.01. The van der Waals surface area contributed by atoms with E-state index in [1.54, 1.807) is 18.6 Å². The van der Waals surface area contributed by atoms with E-state index in [-0.39, 0.29) is 0 Å². The molecule has 0 aliphatic carbocycles. The summed E-state index contributed by atoms with van der Waals surface area (Å²) in [5, 5.41) is 4.67. The summed E-state index contributed by atoms with van der Waals surface area (Å²) in [5.74, 6) is 1.57. The first-order valence-electron chi connectivity index (χ1n) is 8.44. The summed E-state index contributed by atoms with van der Waals surface area (Å²) < 4.78 is 11.2. The Bertz CT molecular complexity index is 1020. The van der Waals surface area contributed by atoms with E-state index in [9.17, 15) is 0 Å². The van der Waals surface area contributed by atoms with Crippen molar-refractivity contribution in [2.45, 2.75) is 13.0 Å². The van der Waals surface area contributed by atoms with Crippen LogP contribution in [-0.4, -0.2) is 15.1 Å². The number of pyridine rings is 2. The van der Waals surface area contributed by atoms with E-state index in [2.05, 4.69) is 15.1 Å². The van der Waals surface area contributed by atoms with Gasteiger partial charge in [-0.25, -0.2) is 0 Å². The number of hydrogen-bond acceptors (Lipinski definition) is 5. The van der Waals surface area contributed by atoms with Gasteiger partial charge in [-0.15, -0.1) is 0 Å². The molecule has 3 aromatic heterocycles. The fourth-order valence-corrected chi connectivity index (χ4v) is 2.80. The Balaban J connectivity index is 1.39. The van der Waals surface area contributed by atoms with Crippen LogP contribution in [0.1, 0.15) is 17.0 Å². The summed E-state index contributed by atoms with van der Waals surface area (Å²) in [6.45, 7) is 0.444. The van der Waals surface area contributed by atoms with Gasteiger partial charge in [0.15, 0.2) is 0 Å². The highest BCUT2D eigenvalue weighted by molar-refractivity contribution is 6.30. The summed E-state index contributed by atoms with van der Waals surface area (Å²) in [6, 6.07) is 17.4. The molecular weight excluding hydrogens is 362 g/mol. The quantitative estimate of drug-likeness (QED) is 0.475. The van der Waals surface area contributed by atoms with E-state index in [0.29, 0.717) is 18.1 Å². The van der Waals surface area contributed by atoms with Crippen LogP contribution in [0, 0.1) is 0 Å². The third-order valence-electron chi connectivity index (χ3n) is 3.97. The van der Waals surface area contributed by atoms with Gasteiger partial charge in [0.05, 0.1) is 10.7 Å². The normalized spacial score (nSPS) is 10.7. The molecule has 134 valence electrons. The monoisotopic (exact) mass is 377 g/mol. The molecule has 4 rings (SSSR count). The minimum Gasteiger partial charge on any atom is -0.487 e. The molecule has 0 aliphatic rings. The number of ether oxygens (including phenoxy) is 1. The lowest BCUT2D eigenvalue weighted by Crippen LogP contribution is -1.97. The molecule has 0 unspecified atom stereocenters. The van der Waals surface area contributed by atoms with Gasteiger partial charge < -0.3 is 9.26 Å². The Morgan fingerprint density at radius 3 is 2.67 bits per heavy atom. The smallest absolute Gasteiger partial charge is 0.141 e. The third-order valence-corrected chi connectivity index (χ3v) is 4.18. The second-order valence-corrected chi connectivity index (χ2v) is 6.44. The van der Waals surface area contributed by atoms with Gasteiger partial charge in [-0.3, -0.25) is 9.97 Å². The Morgan fingerprint density at radius 1 is 1.00 bits per heavy atom. The fraction of sp³-hybridized carbons (Fsp3) is 0.0952. The molecule has 4 aromatic rings. The van der Waals surface area contributed by atoms with Crippen LogP contribution in [0.2, 0.25) is 5.02 Å². The van der Waals surface area contributed by atoms with Crippen LogP contribution >= 0.6 is 11.6 Å². The van der Waals surface area contributed by atoms with E-state index in [1.165, 1.54) is 0 Å². The highest BCUT2D eigenvalue weighted by Gasteiger charge is 2.08. The van der Waals surface area contributed by atoms with Gasteiger partial charge >= 0.3 is 0 Å². The summed E-state index contributed by atoms with van der Waals surface area (Å²) in [7, 11) is 0. The molecule has 0 N–H and O–H groups in total. The molecule has 3 heterocycles. The van der Waals surface area contributed by atoms with Crippen LogP contribution in [0.25, 0.3) is 11.3 Å². The number of halogens is 1. The van der Waals surface area contributed by atoms with Crippen molar-refractivity contribution < 1.29 is 9.26 Å². The van der Waals surface area contributed by atoms with Crippen LogP contribution in [0.3, 0.4) is 0 Å². The highest BCUT2D eigenvalue weighted by atomic mass is 35.5. The van der Waals surface area contributed by atoms with Crippen LogP contribution in [-0.2, 0) is 13.0 Å². The van der Waals surface area contributed by atoms with Crippen molar-refractivity contribution in [1.82, 2.24) is 15.1 Å². The molecule has 1 aromatic carbocycles. The zero-order valence-corrected chi connectivity index (χ0v) is 15.1. The molecule has 0 saturated heterocycles. The molecule has 5 nitrogen and oxygen atoms in total. The molecule has 0 aliphatic heterocycles. The molecule has 0 atom stereocenters. The Kier molecular flexibility index (Phi) is 5.12. The lowest BCUT2D eigenvalue weighted by molar-refractivity contribution is 0.301.